The highest BCUT2D eigenvalue weighted by molar-refractivity contribution is 5.93. The Morgan fingerprint density at radius 3 is 2.67 bits per heavy atom. The van der Waals surface area contributed by atoms with Gasteiger partial charge in [-0.05, 0) is 36.0 Å². The van der Waals surface area contributed by atoms with Crippen LogP contribution in [0.2, 0.25) is 0 Å². The van der Waals surface area contributed by atoms with Crippen molar-refractivity contribution in [1.82, 2.24) is 10.6 Å². The van der Waals surface area contributed by atoms with Crippen molar-refractivity contribution in [3.63, 3.8) is 0 Å². The molecule has 4 nitrogen and oxygen atoms in total. The van der Waals surface area contributed by atoms with Crippen LogP contribution in [0.15, 0.2) is 24.3 Å². The van der Waals surface area contributed by atoms with Gasteiger partial charge in [-0.3, -0.25) is 4.79 Å². The van der Waals surface area contributed by atoms with Crippen molar-refractivity contribution in [2.24, 2.45) is 11.8 Å². The summed E-state index contributed by atoms with van der Waals surface area (Å²) in [5.41, 5.74) is 1.90. The maximum atomic E-state index is 11.5. The molecule has 1 aliphatic heterocycles. The number of rotatable bonds is 6. The van der Waals surface area contributed by atoms with E-state index in [0.29, 0.717) is 23.5 Å². The van der Waals surface area contributed by atoms with Gasteiger partial charge in [0.25, 0.3) is 5.91 Å². The van der Waals surface area contributed by atoms with E-state index in [2.05, 4.69) is 24.5 Å². The Balaban J connectivity index is 1.79. The van der Waals surface area contributed by atoms with Gasteiger partial charge in [0.1, 0.15) is 0 Å². The van der Waals surface area contributed by atoms with Crippen molar-refractivity contribution < 1.29 is 9.53 Å². The average molecular weight is 290 g/mol. The zero-order chi connectivity index (χ0) is 15.2. The van der Waals surface area contributed by atoms with Crippen molar-refractivity contribution in [3.05, 3.63) is 35.4 Å². The van der Waals surface area contributed by atoms with Gasteiger partial charge in [-0.2, -0.15) is 0 Å². The molecule has 0 bridgehead atoms. The molecule has 1 aromatic rings. The van der Waals surface area contributed by atoms with Gasteiger partial charge in [-0.15, -0.1) is 0 Å². The number of nitrogens with one attached hydrogen (secondary N) is 2. The van der Waals surface area contributed by atoms with Crippen molar-refractivity contribution in [1.29, 1.82) is 0 Å². The molecule has 2 rings (SSSR count). The van der Waals surface area contributed by atoms with E-state index in [1.165, 1.54) is 5.56 Å². The summed E-state index contributed by atoms with van der Waals surface area (Å²) in [4.78, 5) is 11.5. The molecule has 2 atom stereocenters. The van der Waals surface area contributed by atoms with Crippen molar-refractivity contribution in [2.45, 2.75) is 32.9 Å². The number of benzene rings is 1. The lowest BCUT2D eigenvalue weighted by Gasteiger charge is -2.22. The van der Waals surface area contributed by atoms with E-state index >= 15 is 0 Å². The minimum atomic E-state index is -0.0441. The van der Waals surface area contributed by atoms with Crippen LogP contribution < -0.4 is 10.6 Å². The van der Waals surface area contributed by atoms with Gasteiger partial charge in [0.15, 0.2) is 0 Å². The summed E-state index contributed by atoms with van der Waals surface area (Å²) in [7, 11) is 1.65. The fourth-order valence-electron chi connectivity index (χ4n) is 2.93. The van der Waals surface area contributed by atoms with Crippen LogP contribution in [0.1, 0.15) is 36.2 Å². The van der Waals surface area contributed by atoms with E-state index in [4.69, 9.17) is 4.74 Å². The fourth-order valence-corrected chi connectivity index (χ4v) is 2.93. The van der Waals surface area contributed by atoms with Gasteiger partial charge in [0, 0.05) is 32.3 Å². The first kappa shape index (κ1) is 16.0. The zero-order valence-electron chi connectivity index (χ0n) is 13.2. The summed E-state index contributed by atoms with van der Waals surface area (Å²) >= 11 is 0. The van der Waals surface area contributed by atoms with Gasteiger partial charge in [0.05, 0.1) is 6.10 Å². The predicted molar refractivity (Wildman–Crippen MR) is 84.2 cm³/mol. The van der Waals surface area contributed by atoms with E-state index in [9.17, 15) is 4.79 Å². The minimum Gasteiger partial charge on any atom is -0.378 e. The van der Waals surface area contributed by atoms with Crippen LogP contribution in [0.25, 0.3) is 0 Å². The lowest BCUT2D eigenvalue weighted by molar-refractivity contribution is 0.0539. The Hall–Kier alpha value is -1.39. The second kappa shape index (κ2) is 7.57. The summed E-state index contributed by atoms with van der Waals surface area (Å²) in [6.45, 7) is 7.15. The third kappa shape index (κ3) is 4.29. The maximum absolute atomic E-state index is 11.5. The van der Waals surface area contributed by atoms with E-state index in [1.807, 2.05) is 24.3 Å². The normalized spacial score (nSPS) is 21.7. The molecule has 0 radical (unpaired) electrons. The lowest BCUT2D eigenvalue weighted by Crippen LogP contribution is -2.31. The van der Waals surface area contributed by atoms with E-state index < -0.39 is 0 Å². The van der Waals surface area contributed by atoms with Crippen LogP contribution in [-0.4, -0.2) is 32.2 Å². The van der Waals surface area contributed by atoms with Crippen molar-refractivity contribution in [3.8, 4) is 0 Å². The molecule has 1 aliphatic rings. The van der Waals surface area contributed by atoms with Crippen LogP contribution >= 0.6 is 0 Å². The molecule has 0 spiro atoms. The molecule has 1 saturated heterocycles. The first-order chi connectivity index (χ1) is 10.1. The molecule has 1 heterocycles. The second-order valence-corrected chi connectivity index (χ2v) is 6.04. The second-order valence-electron chi connectivity index (χ2n) is 6.04. The smallest absolute Gasteiger partial charge is 0.251 e. The number of carbonyl (C=O) groups excluding carboxylic acids is 1. The number of ether oxygens (including phenoxy) is 1. The van der Waals surface area contributed by atoms with Gasteiger partial charge < -0.3 is 15.4 Å². The first-order valence-corrected chi connectivity index (χ1v) is 7.75. The molecule has 0 aliphatic carbocycles. The van der Waals surface area contributed by atoms with Gasteiger partial charge in [-0.25, -0.2) is 0 Å². The third-order valence-corrected chi connectivity index (χ3v) is 4.10. The molecule has 0 unspecified atom stereocenters. The average Bonchev–Trinajstić information content (AvgIpc) is 2.96. The molecule has 4 heteroatoms. The molecule has 116 valence electrons. The fraction of sp³-hybridized carbons (Fsp3) is 0.588. The Bertz CT molecular complexity index is 456. The minimum absolute atomic E-state index is 0.0441. The molecule has 21 heavy (non-hydrogen) atoms. The molecular formula is C17H26N2O2. The Morgan fingerprint density at radius 2 is 2.05 bits per heavy atom. The number of amides is 1. The van der Waals surface area contributed by atoms with Gasteiger partial charge in [0.2, 0.25) is 0 Å². The van der Waals surface area contributed by atoms with Crippen LogP contribution in [0.4, 0.5) is 0 Å². The highest BCUT2D eigenvalue weighted by atomic mass is 16.5. The largest absolute Gasteiger partial charge is 0.378 e. The summed E-state index contributed by atoms with van der Waals surface area (Å²) < 4.78 is 5.80. The van der Waals surface area contributed by atoms with Gasteiger partial charge in [-0.1, -0.05) is 26.0 Å². The van der Waals surface area contributed by atoms with Crippen LogP contribution in [0.3, 0.4) is 0 Å². The van der Waals surface area contributed by atoms with E-state index in [0.717, 1.165) is 26.1 Å². The molecule has 1 amide bonds. The monoisotopic (exact) mass is 290 g/mol. The number of hydrogen-bond donors (Lipinski definition) is 2. The molecular weight excluding hydrogens is 264 g/mol. The molecule has 0 saturated carbocycles. The highest BCUT2D eigenvalue weighted by Gasteiger charge is 2.29. The first-order valence-electron chi connectivity index (χ1n) is 7.75. The van der Waals surface area contributed by atoms with Gasteiger partial charge >= 0.3 is 0 Å². The number of hydrogen-bond acceptors (Lipinski definition) is 3. The predicted octanol–water partition coefficient (Wildman–Crippen LogP) is 2.20. The molecule has 2 N–H and O–H groups in total. The number of carbonyl (C=O) groups is 1. The topological polar surface area (TPSA) is 50.4 Å². The Labute approximate surface area is 127 Å². The van der Waals surface area contributed by atoms with Crippen LogP contribution in [0.5, 0.6) is 0 Å². The highest BCUT2D eigenvalue weighted by Crippen LogP contribution is 2.26. The van der Waals surface area contributed by atoms with Crippen LogP contribution in [-0.2, 0) is 11.3 Å². The quantitative estimate of drug-likeness (QED) is 0.844. The summed E-state index contributed by atoms with van der Waals surface area (Å²) in [6, 6.07) is 7.74. The van der Waals surface area contributed by atoms with Crippen molar-refractivity contribution in [2.75, 3.05) is 20.2 Å². The van der Waals surface area contributed by atoms with Crippen molar-refractivity contribution >= 4 is 5.91 Å². The van der Waals surface area contributed by atoms with Crippen LogP contribution in [0, 0.1) is 11.8 Å². The summed E-state index contributed by atoms with van der Waals surface area (Å²) in [6.07, 6.45) is 1.53. The third-order valence-electron chi connectivity index (χ3n) is 4.10. The zero-order valence-corrected chi connectivity index (χ0v) is 13.2. The molecule has 1 fully saturated rings. The lowest BCUT2D eigenvalue weighted by atomic mass is 9.93. The maximum Gasteiger partial charge on any atom is 0.251 e. The van der Waals surface area contributed by atoms with E-state index in [1.54, 1.807) is 7.05 Å². The summed E-state index contributed by atoms with van der Waals surface area (Å²) in [5.74, 6) is 1.14. The van der Waals surface area contributed by atoms with E-state index in [-0.39, 0.29) is 5.91 Å². The standard InChI is InChI=1S/C17H26N2O2/c1-12(2)16-15(8-9-21-16)11-19-10-13-4-6-14(7-5-13)17(20)18-3/h4-7,12,15-16,19H,8-11H2,1-3H3,(H,18,20)/t15-,16-/m1/s1. The SMILES string of the molecule is CNC(=O)c1ccc(CNC[C@H]2CCO[C@@H]2C(C)C)cc1. The Kier molecular flexibility index (Phi) is 5.76. The molecule has 1 aromatic carbocycles. The molecule has 0 aromatic heterocycles. The Morgan fingerprint density at radius 1 is 1.33 bits per heavy atom. The summed E-state index contributed by atoms with van der Waals surface area (Å²) in [5, 5.41) is 6.14.